The molecule has 6 N–H and O–H groups in total. The molecule has 0 fully saturated rings. The number of hydrogen-bond donors (Lipinski definition) is 4. The standard InChI is InChI=1S/C16H11N9O4/c17-3-7-12(19)11-13(22-16(21-4-18)24-15(11)23-14(7)20)6-1-9-10(29-5-28-9)2-8(6)25(26)27/h1-2,13H,5H2,(H6,19,20,21,22,23,24). The fraction of sp³-hybridized carbons (Fsp3) is 0.125. The molecule has 0 radical (unpaired) electrons. The van der Waals surface area contributed by atoms with E-state index >= 15 is 0 Å². The maximum absolute atomic E-state index is 11.7. The van der Waals surface area contributed by atoms with E-state index in [1.165, 1.54) is 12.1 Å². The van der Waals surface area contributed by atoms with Crippen molar-refractivity contribution in [1.82, 2.24) is 10.3 Å². The van der Waals surface area contributed by atoms with Crippen molar-refractivity contribution in [2.24, 2.45) is 4.99 Å². The van der Waals surface area contributed by atoms with Crippen molar-refractivity contribution in [2.75, 3.05) is 23.6 Å². The third kappa shape index (κ3) is 2.70. The average molecular weight is 393 g/mol. The topological polar surface area (TPSA) is 211 Å². The van der Waals surface area contributed by atoms with Crippen LogP contribution in [0.3, 0.4) is 0 Å². The number of nitrogens with two attached hydrogens (primary N) is 2. The van der Waals surface area contributed by atoms with Crippen LogP contribution in [0.4, 0.5) is 23.0 Å². The minimum Gasteiger partial charge on any atom is -0.454 e. The molecule has 13 nitrogen and oxygen atoms in total. The van der Waals surface area contributed by atoms with Crippen LogP contribution in [0.25, 0.3) is 0 Å². The van der Waals surface area contributed by atoms with Crippen LogP contribution in [-0.2, 0) is 0 Å². The molecule has 2 aliphatic heterocycles. The van der Waals surface area contributed by atoms with Crippen molar-refractivity contribution >= 4 is 29.0 Å². The number of nitro groups is 1. The summed E-state index contributed by atoms with van der Waals surface area (Å²) >= 11 is 0. The molecule has 1 aromatic carbocycles. The Morgan fingerprint density at radius 1 is 1.31 bits per heavy atom. The molecule has 1 unspecified atom stereocenters. The van der Waals surface area contributed by atoms with E-state index in [9.17, 15) is 15.4 Å². The smallest absolute Gasteiger partial charge is 0.279 e. The molecule has 2 aliphatic rings. The Morgan fingerprint density at radius 2 is 2.03 bits per heavy atom. The molecule has 3 heterocycles. The first-order chi connectivity index (χ1) is 13.9. The molecule has 2 aromatic rings. The number of nitrogen functional groups attached to an aromatic ring is 2. The molecule has 1 atom stereocenters. The third-order valence-corrected chi connectivity index (χ3v) is 4.37. The largest absolute Gasteiger partial charge is 0.454 e. The summed E-state index contributed by atoms with van der Waals surface area (Å²) < 4.78 is 10.5. The molecule has 0 amide bonds. The second kappa shape index (κ2) is 6.43. The van der Waals surface area contributed by atoms with Gasteiger partial charge in [-0.3, -0.25) is 15.4 Å². The van der Waals surface area contributed by atoms with Crippen molar-refractivity contribution in [3.63, 3.8) is 0 Å². The lowest BCUT2D eigenvalue weighted by Crippen LogP contribution is -2.33. The zero-order chi connectivity index (χ0) is 20.7. The van der Waals surface area contributed by atoms with Crippen molar-refractivity contribution < 1.29 is 14.4 Å². The molecule has 0 aliphatic carbocycles. The van der Waals surface area contributed by atoms with Crippen molar-refractivity contribution in [2.45, 2.75) is 6.04 Å². The predicted octanol–water partition coefficient (Wildman–Crippen LogP) is 0.696. The van der Waals surface area contributed by atoms with Gasteiger partial charge >= 0.3 is 0 Å². The van der Waals surface area contributed by atoms with E-state index in [0.717, 1.165) is 0 Å². The van der Waals surface area contributed by atoms with Crippen LogP contribution < -0.4 is 31.6 Å². The van der Waals surface area contributed by atoms with E-state index < -0.39 is 11.0 Å². The summed E-state index contributed by atoms with van der Waals surface area (Å²) in [5.41, 5.74) is 11.8. The molecule has 29 heavy (non-hydrogen) atoms. The Balaban J connectivity index is 2.01. The van der Waals surface area contributed by atoms with Gasteiger partial charge in [0, 0.05) is 5.56 Å². The van der Waals surface area contributed by atoms with Crippen LogP contribution in [-0.4, -0.2) is 22.7 Å². The highest BCUT2D eigenvalue weighted by Gasteiger charge is 2.35. The summed E-state index contributed by atoms with van der Waals surface area (Å²) in [5.74, 6) is 0.471. The van der Waals surface area contributed by atoms with E-state index in [2.05, 4.69) is 20.6 Å². The lowest BCUT2D eigenvalue weighted by atomic mass is 9.93. The first-order valence-corrected chi connectivity index (χ1v) is 8.01. The number of benzene rings is 1. The monoisotopic (exact) mass is 393 g/mol. The maximum Gasteiger partial charge on any atom is 0.279 e. The first-order valence-electron chi connectivity index (χ1n) is 8.01. The molecule has 144 valence electrons. The van der Waals surface area contributed by atoms with E-state index in [4.69, 9.17) is 26.2 Å². The molecular formula is C16H11N9O4. The second-order valence-electron chi connectivity index (χ2n) is 5.92. The fourth-order valence-electron chi connectivity index (χ4n) is 3.13. The Labute approximate surface area is 162 Å². The number of aromatic nitrogens is 1. The fourth-order valence-corrected chi connectivity index (χ4v) is 3.13. The number of ether oxygens (including phenoxy) is 2. The van der Waals surface area contributed by atoms with Crippen LogP contribution >= 0.6 is 0 Å². The van der Waals surface area contributed by atoms with Crippen molar-refractivity contribution in [3.05, 3.63) is 38.9 Å². The van der Waals surface area contributed by atoms with Gasteiger partial charge in [-0.1, -0.05) is 0 Å². The minimum atomic E-state index is -1.07. The van der Waals surface area contributed by atoms with Gasteiger partial charge < -0.3 is 26.3 Å². The normalized spacial score (nSPS) is 15.9. The zero-order valence-electron chi connectivity index (χ0n) is 14.5. The highest BCUT2D eigenvalue weighted by atomic mass is 16.7. The number of guanidine groups is 1. The molecule has 1 aromatic heterocycles. The zero-order valence-corrected chi connectivity index (χ0v) is 14.5. The second-order valence-corrected chi connectivity index (χ2v) is 5.92. The van der Waals surface area contributed by atoms with Gasteiger partial charge in [-0.05, 0) is 6.07 Å². The molecule has 13 heteroatoms. The van der Waals surface area contributed by atoms with Gasteiger partial charge in [0.1, 0.15) is 29.3 Å². The molecule has 0 saturated carbocycles. The number of fused-ring (bicyclic) bond motifs is 2. The number of pyridine rings is 1. The van der Waals surface area contributed by atoms with E-state index in [0.29, 0.717) is 0 Å². The Hall–Kier alpha value is -4.78. The lowest BCUT2D eigenvalue weighted by Gasteiger charge is -2.26. The number of nitriles is 2. The quantitative estimate of drug-likeness (QED) is 0.241. The van der Waals surface area contributed by atoms with Gasteiger partial charge in [-0.15, -0.1) is 0 Å². The number of nitro benzene ring substituents is 1. The van der Waals surface area contributed by atoms with E-state index in [1.54, 1.807) is 6.19 Å². The molecule has 4 rings (SSSR count). The summed E-state index contributed by atoms with van der Waals surface area (Å²) in [4.78, 5) is 19.5. The third-order valence-electron chi connectivity index (χ3n) is 4.37. The lowest BCUT2D eigenvalue weighted by molar-refractivity contribution is -0.385. The number of rotatable bonds is 2. The average Bonchev–Trinajstić information content (AvgIpc) is 3.14. The maximum atomic E-state index is 11.7. The van der Waals surface area contributed by atoms with Gasteiger partial charge in [-0.25, -0.2) is 9.98 Å². The van der Waals surface area contributed by atoms with Crippen molar-refractivity contribution in [3.8, 4) is 23.8 Å². The van der Waals surface area contributed by atoms with E-state index in [-0.39, 0.29) is 64.0 Å². The predicted molar refractivity (Wildman–Crippen MR) is 98.6 cm³/mol. The Bertz CT molecular complexity index is 1180. The summed E-state index contributed by atoms with van der Waals surface area (Å²) in [6.07, 6.45) is 1.71. The van der Waals surface area contributed by atoms with Gasteiger partial charge in [0.2, 0.25) is 12.8 Å². The van der Waals surface area contributed by atoms with Crippen LogP contribution in [0.5, 0.6) is 11.5 Å². The number of aliphatic imine (C=N–C) groups is 1. The van der Waals surface area contributed by atoms with Crippen LogP contribution in [0.2, 0.25) is 0 Å². The number of anilines is 3. The van der Waals surface area contributed by atoms with Crippen LogP contribution in [0.15, 0.2) is 17.1 Å². The Kier molecular flexibility index (Phi) is 3.91. The van der Waals surface area contributed by atoms with Crippen molar-refractivity contribution in [1.29, 1.82) is 10.5 Å². The highest BCUT2D eigenvalue weighted by molar-refractivity contribution is 5.98. The molecule has 0 spiro atoms. The summed E-state index contributed by atoms with van der Waals surface area (Å²) in [5, 5.41) is 35.1. The minimum absolute atomic E-state index is 0.0204. The van der Waals surface area contributed by atoms with Gasteiger partial charge in [-0.2, -0.15) is 10.5 Å². The van der Waals surface area contributed by atoms with Gasteiger partial charge in [0.15, 0.2) is 17.7 Å². The van der Waals surface area contributed by atoms with Crippen LogP contribution in [0, 0.1) is 32.9 Å². The summed E-state index contributed by atoms with van der Waals surface area (Å²) in [6, 6.07) is 3.43. The highest BCUT2D eigenvalue weighted by Crippen LogP contribution is 2.47. The Morgan fingerprint density at radius 3 is 2.69 bits per heavy atom. The van der Waals surface area contributed by atoms with Gasteiger partial charge in [0.25, 0.3) is 5.69 Å². The summed E-state index contributed by atoms with van der Waals surface area (Å²) in [6.45, 7) is -0.0813. The molecule has 0 bridgehead atoms. The molecular weight excluding hydrogens is 382 g/mol. The van der Waals surface area contributed by atoms with Crippen LogP contribution in [0.1, 0.15) is 22.7 Å². The SMILES string of the molecule is N#CNC1=NC(c2cc3c(cc2[N+](=O)[O-])OCO3)c2c(nc(N)c(C#N)c2N)N1. The summed E-state index contributed by atoms with van der Waals surface area (Å²) in [7, 11) is 0. The number of hydrogen-bond acceptors (Lipinski definition) is 12. The number of nitrogens with zero attached hydrogens (tertiary/aromatic N) is 5. The van der Waals surface area contributed by atoms with E-state index in [1.807, 2.05) is 6.07 Å². The molecule has 0 saturated heterocycles. The number of nitrogens with one attached hydrogen (secondary N) is 2. The van der Waals surface area contributed by atoms with Gasteiger partial charge in [0.05, 0.1) is 22.2 Å². The first kappa shape index (κ1) is 17.6.